The molecule has 4 heteroatoms. The lowest BCUT2D eigenvalue weighted by Gasteiger charge is -2.51. The van der Waals surface area contributed by atoms with Crippen molar-refractivity contribution >= 4 is 55.4 Å². The largest absolute Gasteiger partial charge is 0.335 e. The van der Waals surface area contributed by atoms with Gasteiger partial charge in [0.25, 0.3) is 6.71 Å². The molecule has 9 rings (SSSR count). The van der Waals surface area contributed by atoms with Crippen LogP contribution in [0.1, 0.15) is 124 Å². The van der Waals surface area contributed by atoms with Crippen molar-refractivity contribution in [3.8, 4) is 0 Å². The Labute approximate surface area is 323 Å². The molecule has 2 aliphatic heterocycles. The van der Waals surface area contributed by atoms with E-state index >= 15 is 0 Å². The van der Waals surface area contributed by atoms with Gasteiger partial charge in [0.15, 0.2) is 0 Å². The smallest absolute Gasteiger partial charge is 0.259 e. The van der Waals surface area contributed by atoms with Crippen molar-refractivity contribution in [3.63, 3.8) is 0 Å². The first-order valence-electron chi connectivity index (χ1n) is 20.3. The number of nitrogens with zero attached hydrogens (tertiary/aromatic N) is 2. The quantitative estimate of drug-likeness (QED) is 0.195. The fraction of sp³-hybridized carbons (Fsp3) is 0.429. The van der Waals surface area contributed by atoms with E-state index in [0.717, 1.165) is 6.42 Å². The number of rotatable bonds is 3. The van der Waals surface area contributed by atoms with E-state index in [2.05, 4.69) is 182 Å². The standard InChI is InChI=1S/C49H57BN2S/c1-29(2)32-16-21-38-42(26-32)52(39-22-15-30(3)25-31(39)4)41-14-12-13-40-44(41)50(38)46-45(51(40)34-19-17-33(18-20-34)47(5,6)7)35-27-36-37(28-43(35)53-46)49(10,11)24-23-48(36,8)9/h12,14-22,25-29,31,39-40H,13,23-24H2,1-11H3. The number of hydrogen-bond acceptors (Lipinski definition) is 3. The van der Waals surface area contributed by atoms with Crippen LogP contribution in [0.5, 0.6) is 0 Å². The molecule has 3 heterocycles. The maximum atomic E-state index is 2.78. The summed E-state index contributed by atoms with van der Waals surface area (Å²) in [4.78, 5) is 5.52. The van der Waals surface area contributed by atoms with Gasteiger partial charge in [-0.3, -0.25) is 0 Å². The Kier molecular flexibility index (Phi) is 7.83. The molecule has 0 saturated heterocycles. The fourth-order valence-electron chi connectivity index (χ4n) is 10.3. The Morgan fingerprint density at radius 1 is 0.868 bits per heavy atom. The molecular formula is C49H57BN2S. The number of anilines is 3. The zero-order valence-electron chi connectivity index (χ0n) is 33.9. The van der Waals surface area contributed by atoms with E-state index in [1.165, 1.54) is 72.6 Å². The van der Waals surface area contributed by atoms with Crippen LogP contribution in [-0.4, -0.2) is 18.8 Å². The van der Waals surface area contributed by atoms with Crippen LogP contribution < -0.4 is 20.0 Å². The highest BCUT2D eigenvalue weighted by atomic mass is 32.1. The summed E-state index contributed by atoms with van der Waals surface area (Å²) < 4.78 is 2.95. The van der Waals surface area contributed by atoms with E-state index in [4.69, 9.17) is 0 Å². The highest BCUT2D eigenvalue weighted by Gasteiger charge is 2.50. The molecule has 3 aromatic carbocycles. The van der Waals surface area contributed by atoms with Gasteiger partial charge in [0, 0.05) is 31.9 Å². The average molecular weight is 717 g/mol. The summed E-state index contributed by atoms with van der Waals surface area (Å²) in [6.45, 7) is 26.4. The van der Waals surface area contributed by atoms with Crippen molar-refractivity contribution in [3.05, 3.63) is 124 Å². The Hall–Kier alpha value is -3.76. The van der Waals surface area contributed by atoms with Gasteiger partial charge in [-0.15, -0.1) is 11.3 Å². The van der Waals surface area contributed by atoms with Crippen LogP contribution in [0, 0.1) is 5.92 Å². The average Bonchev–Trinajstić information content (AvgIpc) is 3.48. The number of benzene rings is 3. The molecule has 5 aliphatic rings. The van der Waals surface area contributed by atoms with Crippen molar-refractivity contribution < 1.29 is 0 Å². The van der Waals surface area contributed by atoms with Gasteiger partial charge in [-0.05, 0) is 124 Å². The van der Waals surface area contributed by atoms with E-state index in [0.29, 0.717) is 11.8 Å². The van der Waals surface area contributed by atoms with Crippen molar-refractivity contribution in [2.75, 3.05) is 9.80 Å². The highest BCUT2D eigenvalue weighted by molar-refractivity contribution is 7.32. The first-order chi connectivity index (χ1) is 25.0. The molecule has 3 atom stereocenters. The minimum atomic E-state index is 0.103. The van der Waals surface area contributed by atoms with E-state index in [9.17, 15) is 0 Å². The minimum absolute atomic E-state index is 0.103. The molecule has 0 bridgehead atoms. The lowest BCUT2D eigenvalue weighted by atomic mass is 9.34. The molecule has 3 aliphatic carbocycles. The molecule has 0 N–H and O–H groups in total. The molecule has 4 aromatic rings. The van der Waals surface area contributed by atoms with Gasteiger partial charge in [0.1, 0.15) is 0 Å². The molecule has 2 nitrogen and oxygen atoms in total. The second-order valence-corrected chi connectivity index (χ2v) is 20.6. The van der Waals surface area contributed by atoms with Gasteiger partial charge in [0.2, 0.25) is 0 Å². The van der Waals surface area contributed by atoms with Gasteiger partial charge < -0.3 is 9.80 Å². The van der Waals surface area contributed by atoms with Crippen LogP contribution >= 0.6 is 11.3 Å². The molecule has 53 heavy (non-hydrogen) atoms. The predicted octanol–water partition coefficient (Wildman–Crippen LogP) is 11.9. The summed E-state index contributed by atoms with van der Waals surface area (Å²) in [5.41, 5.74) is 16.3. The maximum Gasteiger partial charge on any atom is 0.259 e. The third-order valence-electron chi connectivity index (χ3n) is 13.6. The predicted molar refractivity (Wildman–Crippen MR) is 233 cm³/mol. The third kappa shape index (κ3) is 5.32. The van der Waals surface area contributed by atoms with Crippen LogP contribution in [-0.2, 0) is 16.2 Å². The first kappa shape index (κ1) is 35.0. The molecular weight excluding hydrogens is 659 g/mol. The van der Waals surface area contributed by atoms with Crippen LogP contribution in [0.4, 0.5) is 17.1 Å². The van der Waals surface area contributed by atoms with Crippen LogP contribution in [0.2, 0.25) is 0 Å². The molecule has 0 saturated carbocycles. The SMILES string of the molecule is CC1=CC(C)C(N2C3=C4B(c5ccc(C(C)C)cc52)c2sc5cc6c(cc5c2N(c2ccc(C(C)(C)C)cc2)C4CC=C3)C(C)(C)CCC6(C)C)C=C1. The van der Waals surface area contributed by atoms with Gasteiger partial charge in [-0.25, -0.2) is 0 Å². The second-order valence-electron chi connectivity index (χ2n) is 19.5. The van der Waals surface area contributed by atoms with E-state index < -0.39 is 0 Å². The van der Waals surface area contributed by atoms with Crippen molar-refractivity contribution in [2.45, 2.75) is 130 Å². The Balaban J connectivity index is 1.36. The van der Waals surface area contributed by atoms with Gasteiger partial charge in [-0.2, -0.15) is 0 Å². The topological polar surface area (TPSA) is 6.48 Å². The van der Waals surface area contributed by atoms with E-state index in [1.54, 1.807) is 16.6 Å². The Morgan fingerprint density at radius 3 is 2.23 bits per heavy atom. The molecule has 0 amide bonds. The summed E-state index contributed by atoms with van der Waals surface area (Å²) in [6, 6.07) is 22.8. The molecule has 272 valence electrons. The normalized spacial score (nSPS) is 24.0. The number of hydrogen-bond donors (Lipinski definition) is 0. The van der Waals surface area contributed by atoms with Gasteiger partial charge in [-0.1, -0.05) is 123 Å². The Morgan fingerprint density at radius 2 is 1.57 bits per heavy atom. The Bertz CT molecular complexity index is 2280. The molecule has 0 spiro atoms. The minimum Gasteiger partial charge on any atom is -0.335 e. The first-order valence-corrected chi connectivity index (χ1v) is 21.1. The highest BCUT2D eigenvalue weighted by Crippen LogP contribution is 2.53. The summed E-state index contributed by atoms with van der Waals surface area (Å²) in [6.07, 6.45) is 15.7. The molecule has 0 radical (unpaired) electrons. The zero-order chi connectivity index (χ0) is 37.4. The number of fused-ring (bicyclic) bond motifs is 7. The zero-order valence-corrected chi connectivity index (χ0v) is 34.7. The molecule has 1 aromatic heterocycles. The lowest BCUT2D eigenvalue weighted by molar-refractivity contribution is 0.332. The van der Waals surface area contributed by atoms with Crippen LogP contribution in [0.15, 0.2) is 102 Å². The van der Waals surface area contributed by atoms with Crippen molar-refractivity contribution in [1.82, 2.24) is 0 Å². The van der Waals surface area contributed by atoms with Crippen molar-refractivity contribution in [1.29, 1.82) is 0 Å². The number of allylic oxidation sites excluding steroid dienone is 3. The van der Waals surface area contributed by atoms with E-state index in [1.807, 2.05) is 0 Å². The van der Waals surface area contributed by atoms with E-state index in [-0.39, 0.29) is 35.0 Å². The fourth-order valence-corrected chi connectivity index (χ4v) is 11.6. The van der Waals surface area contributed by atoms with Crippen molar-refractivity contribution in [2.24, 2.45) is 5.92 Å². The maximum absolute atomic E-state index is 2.78. The van der Waals surface area contributed by atoms with Crippen LogP contribution in [0.25, 0.3) is 10.1 Å². The van der Waals surface area contributed by atoms with Gasteiger partial charge in [0.05, 0.1) is 17.8 Å². The molecule has 3 unspecified atom stereocenters. The summed E-state index contributed by atoms with van der Waals surface area (Å²) in [7, 11) is 0. The van der Waals surface area contributed by atoms with Crippen LogP contribution in [0.3, 0.4) is 0 Å². The summed E-state index contributed by atoms with van der Waals surface area (Å²) in [5, 5.41) is 1.44. The number of thiophene rings is 1. The summed E-state index contributed by atoms with van der Waals surface area (Å²) >= 11 is 2.07. The lowest BCUT2D eigenvalue weighted by Crippen LogP contribution is -2.61. The molecule has 0 fully saturated rings. The van der Waals surface area contributed by atoms with Gasteiger partial charge >= 0.3 is 0 Å². The third-order valence-corrected chi connectivity index (χ3v) is 14.8. The monoisotopic (exact) mass is 716 g/mol. The second kappa shape index (κ2) is 11.9. The summed E-state index contributed by atoms with van der Waals surface area (Å²) in [5.74, 6) is 0.862.